The van der Waals surface area contributed by atoms with Gasteiger partial charge in [0.05, 0.1) is 16.9 Å². The Hall–Kier alpha value is -1.36. The third kappa shape index (κ3) is 1.81. The number of carboxylic acids is 1. The number of carboxylic acid groups (broad SMARTS) is 1. The number of carbonyl (C=O) groups is 2. The molecule has 4 bridgehead atoms. The fraction of sp³-hybridized carbons (Fsp3) is 0.818. The fourth-order valence-electron chi connectivity index (χ4n) is 8.18. The monoisotopic (exact) mass is 374 g/mol. The number of rotatable bonds is 4. The van der Waals surface area contributed by atoms with Crippen molar-refractivity contribution < 1.29 is 24.2 Å². The van der Waals surface area contributed by atoms with Crippen LogP contribution in [-0.2, 0) is 19.1 Å². The molecule has 0 radical (unpaired) electrons. The van der Waals surface area contributed by atoms with E-state index in [-0.39, 0.29) is 28.8 Å². The Morgan fingerprint density at radius 2 is 2.22 bits per heavy atom. The molecule has 148 valence electrons. The third-order valence-corrected chi connectivity index (χ3v) is 8.96. The molecule has 4 fully saturated rings. The summed E-state index contributed by atoms with van der Waals surface area (Å²) in [6.45, 7) is 6.97. The molecule has 5 nitrogen and oxygen atoms in total. The molecule has 0 aromatic carbocycles. The van der Waals surface area contributed by atoms with Crippen LogP contribution in [0.4, 0.5) is 0 Å². The number of carbonyl (C=O) groups excluding carboxylic acids is 1. The van der Waals surface area contributed by atoms with Crippen molar-refractivity contribution in [2.45, 2.75) is 70.5 Å². The van der Waals surface area contributed by atoms with Crippen LogP contribution in [0.3, 0.4) is 0 Å². The number of hydrogen-bond acceptors (Lipinski definition) is 4. The number of esters is 1. The molecule has 27 heavy (non-hydrogen) atoms. The van der Waals surface area contributed by atoms with Crippen LogP contribution in [0.1, 0.15) is 59.3 Å². The molecular weight excluding hydrogens is 344 g/mol. The van der Waals surface area contributed by atoms with Gasteiger partial charge in [-0.3, -0.25) is 9.59 Å². The zero-order chi connectivity index (χ0) is 19.2. The Bertz CT molecular complexity index is 745. The molecule has 5 aliphatic rings. The van der Waals surface area contributed by atoms with Crippen molar-refractivity contribution in [1.29, 1.82) is 0 Å². The first-order chi connectivity index (χ1) is 12.8. The van der Waals surface area contributed by atoms with Gasteiger partial charge in [0.25, 0.3) is 0 Å². The molecule has 5 heteroatoms. The van der Waals surface area contributed by atoms with Gasteiger partial charge in [-0.2, -0.15) is 0 Å². The van der Waals surface area contributed by atoms with Gasteiger partial charge in [-0.25, -0.2) is 0 Å². The highest BCUT2D eigenvalue weighted by Crippen LogP contribution is 2.78. The van der Waals surface area contributed by atoms with Crippen LogP contribution >= 0.6 is 0 Å². The highest BCUT2D eigenvalue weighted by Gasteiger charge is 2.82. The van der Waals surface area contributed by atoms with Gasteiger partial charge >= 0.3 is 11.9 Å². The molecule has 8 atom stereocenters. The smallest absolute Gasteiger partial charge is 0.316 e. The first-order valence-electron chi connectivity index (χ1n) is 10.5. The quantitative estimate of drug-likeness (QED) is 0.602. The minimum atomic E-state index is -0.813. The Balaban J connectivity index is 1.65. The molecular formula is C22H30O5. The first kappa shape index (κ1) is 17.7. The van der Waals surface area contributed by atoms with Crippen molar-refractivity contribution in [3.05, 3.63) is 12.2 Å². The van der Waals surface area contributed by atoms with E-state index in [2.05, 4.69) is 19.9 Å². The Morgan fingerprint density at radius 3 is 2.93 bits per heavy atom. The Morgan fingerprint density at radius 1 is 1.44 bits per heavy atom. The maximum Gasteiger partial charge on any atom is 0.316 e. The molecule has 4 aliphatic carbocycles. The number of aliphatic carboxylic acids is 1. The summed E-state index contributed by atoms with van der Waals surface area (Å²) in [6.07, 6.45) is 9.12. The van der Waals surface area contributed by atoms with Gasteiger partial charge in [0.15, 0.2) is 0 Å². The minimum absolute atomic E-state index is 0.120. The highest BCUT2D eigenvalue weighted by molar-refractivity contribution is 5.86. The molecule has 1 spiro atoms. The van der Waals surface area contributed by atoms with Gasteiger partial charge < -0.3 is 14.6 Å². The zero-order valence-corrected chi connectivity index (χ0v) is 16.5. The van der Waals surface area contributed by atoms with E-state index in [0.717, 1.165) is 38.7 Å². The average molecular weight is 374 g/mol. The van der Waals surface area contributed by atoms with Crippen molar-refractivity contribution in [3.8, 4) is 0 Å². The summed E-state index contributed by atoms with van der Waals surface area (Å²) >= 11 is 0. The minimum Gasteiger partial charge on any atom is -0.481 e. The summed E-state index contributed by atoms with van der Waals surface area (Å²) in [4.78, 5) is 25.5. The van der Waals surface area contributed by atoms with Crippen LogP contribution in [0.5, 0.6) is 0 Å². The topological polar surface area (TPSA) is 72.8 Å². The van der Waals surface area contributed by atoms with E-state index in [1.165, 1.54) is 0 Å². The highest BCUT2D eigenvalue weighted by atomic mass is 16.6. The van der Waals surface area contributed by atoms with Crippen LogP contribution in [0.25, 0.3) is 0 Å². The summed E-state index contributed by atoms with van der Waals surface area (Å²) in [5.74, 6) is -1.34. The molecule has 3 saturated carbocycles. The summed E-state index contributed by atoms with van der Waals surface area (Å²) < 4.78 is 12.6. The van der Waals surface area contributed by atoms with Crippen LogP contribution in [0.2, 0.25) is 0 Å². The lowest BCUT2D eigenvalue weighted by atomic mass is 9.62. The van der Waals surface area contributed by atoms with Crippen molar-refractivity contribution in [1.82, 2.24) is 0 Å². The molecule has 1 N–H and O–H groups in total. The molecule has 0 aromatic heterocycles. The average Bonchev–Trinajstić information content (AvgIpc) is 3.02. The molecule has 1 aliphatic heterocycles. The summed E-state index contributed by atoms with van der Waals surface area (Å²) in [6, 6.07) is 0. The standard InChI is InChI=1S/C22H30O5/c1-4-10-26-21-9-6-14-20(12-21,11-13(21)2)15(17(23)24)16-19(3)7-5-8-22(14,16)27-18(19)25/h5,7,13-16H,4,6,8-12H2,1-3H3,(H,23,24)/t13-,14-,15-,16-,19+,20+,21+,22-/m1/s1. The second-order valence-corrected chi connectivity index (χ2v) is 10.0. The van der Waals surface area contributed by atoms with Gasteiger partial charge in [-0.1, -0.05) is 26.0 Å². The maximum atomic E-state index is 12.8. The zero-order valence-electron chi connectivity index (χ0n) is 16.5. The normalized spacial score (nSPS) is 54.6. The van der Waals surface area contributed by atoms with E-state index in [1.54, 1.807) is 0 Å². The first-order valence-corrected chi connectivity index (χ1v) is 10.5. The lowest BCUT2D eigenvalue weighted by molar-refractivity contribution is -0.164. The van der Waals surface area contributed by atoms with E-state index >= 15 is 0 Å². The van der Waals surface area contributed by atoms with Crippen LogP contribution in [0, 0.1) is 34.5 Å². The van der Waals surface area contributed by atoms with Crippen molar-refractivity contribution in [2.75, 3.05) is 6.61 Å². The Kier molecular flexibility index (Phi) is 3.39. The molecule has 0 aromatic rings. The summed E-state index contributed by atoms with van der Waals surface area (Å²) in [5.41, 5.74) is -1.98. The molecule has 5 rings (SSSR count). The largest absolute Gasteiger partial charge is 0.481 e. The van der Waals surface area contributed by atoms with Gasteiger partial charge in [0.2, 0.25) is 0 Å². The van der Waals surface area contributed by atoms with Crippen molar-refractivity contribution in [3.63, 3.8) is 0 Å². The predicted molar refractivity (Wildman–Crippen MR) is 97.8 cm³/mol. The van der Waals surface area contributed by atoms with Crippen LogP contribution < -0.4 is 0 Å². The van der Waals surface area contributed by atoms with E-state index in [4.69, 9.17) is 9.47 Å². The second-order valence-electron chi connectivity index (χ2n) is 10.0. The van der Waals surface area contributed by atoms with Gasteiger partial charge in [-0.05, 0) is 50.4 Å². The van der Waals surface area contributed by atoms with Crippen molar-refractivity contribution >= 4 is 11.9 Å². The van der Waals surface area contributed by atoms with E-state index < -0.39 is 22.9 Å². The van der Waals surface area contributed by atoms with E-state index in [0.29, 0.717) is 12.3 Å². The Labute approximate surface area is 160 Å². The lowest BCUT2D eigenvalue weighted by Crippen LogP contribution is -2.48. The molecule has 0 amide bonds. The fourth-order valence-corrected chi connectivity index (χ4v) is 8.18. The van der Waals surface area contributed by atoms with E-state index in [9.17, 15) is 14.7 Å². The second kappa shape index (κ2) is 5.16. The van der Waals surface area contributed by atoms with Crippen LogP contribution in [0.15, 0.2) is 12.2 Å². The predicted octanol–water partition coefficient (Wildman–Crippen LogP) is 3.57. The van der Waals surface area contributed by atoms with Gasteiger partial charge in [-0.15, -0.1) is 0 Å². The number of fused-ring (bicyclic) bond motifs is 1. The maximum absolute atomic E-state index is 12.8. The molecule has 1 saturated heterocycles. The van der Waals surface area contributed by atoms with Crippen LogP contribution in [-0.4, -0.2) is 34.9 Å². The number of ether oxygens (including phenoxy) is 2. The number of hydrogen-bond donors (Lipinski definition) is 1. The van der Waals surface area contributed by atoms with E-state index in [1.807, 2.05) is 13.0 Å². The molecule has 0 unspecified atom stereocenters. The lowest BCUT2D eigenvalue weighted by Gasteiger charge is -2.47. The van der Waals surface area contributed by atoms with Crippen molar-refractivity contribution in [2.24, 2.45) is 34.5 Å². The summed E-state index contributed by atoms with van der Waals surface area (Å²) in [7, 11) is 0. The van der Waals surface area contributed by atoms with Gasteiger partial charge in [0.1, 0.15) is 5.60 Å². The van der Waals surface area contributed by atoms with Gasteiger partial charge in [0, 0.05) is 24.9 Å². The molecule has 1 heterocycles. The SMILES string of the molecule is CCCO[C@]12CC[C@@H]3[C@](C[C@H]1C)(C2)[C@@H](C(=O)O)[C@H]1[C@@]32CC=C[C@]1(C)C(=O)O2. The summed E-state index contributed by atoms with van der Waals surface area (Å²) in [5, 5.41) is 10.4. The third-order valence-electron chi connectivity index (χ3n) is 8.96.